The molecule has 0 aliphatic carbocycles. The third-order valence-electron chi connectivity index (χ3n) is 4.60. The minimum Gasteiger partial charge on any atom is -0.497 e. The molecule has 4 nitrogen and oxygen atoms in total. The number of hydrogen-bond acceptors (Lipinski definition) is 4. The summed E-state index contributed by atoms with van der Waals surface area (Å²) in [6.07, 6.45) is 0.580. The molecule has 0 radical (unpaired) electrons. The van der Waals surface area contributed by atoms with E-state index in [4.69, 9.17) is 14.2 Å². The summed E-state index contributed by atoms with van der Waals surface area (Å²) >= 11 is 0. The van der Waals surface area contributed by atoms with E-state index < -0.39 is 20.0 Å². The second-order valence-corrected chi connectivity index (χ2v) is 14.4. The fraction of sp³-hybridized carbons (Fsp3) is 0.636. The number of ether oxygens (including phenoxy) is 3. The summed E-state index contributed by atoms with van der Waals surface area (Å²) in [6.45, 7) is 16.8. The second-order valence-electron chi connectivity index (χ2n) is 8.95. The van der Waals surface area contributed by atoms with Crippen LogP contribution in [-0.2, 0) is 15.5 Å². The standard InChI is InChI=1S/C22H38O4Si/c1-16(2)21(26-22(3,4)25-6)13-12-20(23)19-11-10-18(24-5)14-17(19)15-27(7,8)9/h10-11,14,20-21,23H,1,12-13,15H2,2-9H3. The molecule has 0 saturated carbocycles. The van der Waals surface area contributed by atoms with E-state index in [0.717, 1.165) is 22.9 Å². The molecule has 0 fully saturated rings. The minimum absolute atomic E-state index is 0.159. The van der Waals surface area contributed by atoms with Crippen LogP contribution in [0.1, 0.15) is 50.8 Å². The molecule has 0 aliphatic heterocycles. The van der Waals surface area contributed by atoms with Gasteiger partial charge in [0.25, 0.3) is 0 Å². The van der Waals surface area contributed by atoms with Crippen molar-refractivity contribution in [3.63, 3.8) is 0 Å². The van der Waals surface area contributed by atoms with Crippen LogP contribution in [0.3, 0.4) is 0 Å². The molecule has 0 heterocycles. The van der Waals surface area contributed by atoms with Crippen LogP contribution in [0.15, 0.2) is 30.4 Å². The van der Waals surface area contributed by atoms with Crippen LogP contribution < -0.4 is 4.74 Å². The van der Waals surface area contributed by atoms with Gasteiger partial charge in [-0.1, -0.05) is 37.9 Å². The van der Waals surface area contributed by atoms with Gasteiger partial charge >= 0.3 is 0 Å². The quantitative estimate of drug-likeness (QED) is 0.315. The lowest BCUT2D eigenvalue weighted by Crippen LogP contribution is -2.33. The molecule has 1 aromatic carbocycles. The molecule has 1 aromatic rings. The van der Waals surface area contributed by atoms with E-state index in [0.29, 0.717) is 12.8 Å². The smallest absolute Gasteiger partial charge is 0.163 e. The van der Waals surface area contributed by atoms with Gasteiger partial charge in [-0.25, -0.2) is 0 Å². The summed E-state index contributed by atoms with van der Waals surface area (Å²) in [7, 11) is 1.97. The molecule has 0 bridgehead atoms. The van der Waals surface area contributed by atoms with Crippen LogP contribution >= 0.6 is 0 Å². The SMILES string of the molecule is C=C(C)C(CCC(O)c1ccc(OC)cc1C[Si](C)(C)C)OC(C)(C)OC. The molecule has 0 aromatic heterocycles. The molecule has 1 N–H and O–H groups in total. The lowest BCUT2D eigenvalue weighted by atomic mass is 9.96. The first-order valence-corrected chi connectivity index (χ1v) is 13.3. The Kier molecular flexibility index (Phi) is 8.74. The first-order valence-electron chi connectivity index (χ1n) is 9.62. The number of hydrogen-bond donors (Lipinski definition) is 1. The maximum Gasteiger partial charge on any atom is 0.163 e. The number of aliphatic hydroxyl groups excluding tert-OH is 1. The van der Waals surface area contributed by atoms with Crippen LogP contribution in [0.5, 0.6) is 5.75 Å². The Bertz CT molecular complexity index is 619. The summed E-state index contributed by atoms with van der Waals surface area (Å²) in [5.41, 5.74) is 3.11. The van der Waals surface area contributed by atoms with Gasteiger partial charge in [-0.05, 0) is 62.9 Å². The molecule has 0 aliphatic rings. The summed E-state index contributed by atoms with van der Waals surface area (Å²) in [6, 6.07) is 6.99. The lowest BCUT2D eigenvalue weighted by molar-refractivity contribution is -0.217. The van der Waals surface area contributed by atoms with Crippen LogP contribution in [0.2, 0.25) is 19.6 Å². The predicted octanol–water partition coefficient (Wildman–Crippen LogP) is 5.27. The van der Waals surface area contributed by atoms with E-state index in [-0.39, 0.29) is 6.10 Å². The average Bonchev–Trinajstić information content (AvgIpc) is 2.56. The molecule has 154 valence electrons. The number of benzene rings is 1. The topological polar surface area (TPSA) is 47.9 Å². The van der Waals surface area contributed by atoms with Crippen molar-refractivity contribution in [2.75, 3.05) is 14.2 Å². The second kappa shape index (κ2) is 9.87. The van der Waals surface area contributed by atoms with Crippen molar-refractivity contribution in [1.82, 2.24) is 0 Å². The third-order valence-corrected chi connectivity index (χ3v) is 6.04. The van der Waals surface area contributed by atoms with Gasteiger partial charge in [-0.3, -0.25) is 0 Å². The van der Waals surface area contributed by atoms with Gasteiger partial charge in [0.1, 0.15) is 5.75 Å². The summed E-state index contributed by atoms with van der Waals surface area (Å²) < 4.78 is 16.8. The highest BCUT2D eigenvalue weighted by Crippen LogP contribution is 2.30. The van der Waals surface area contributed by atoms with Crippen LogP contribution in [-0.4, -0.2) is 39.3 Å². The van der Waals surface area contributed by atoms with E-state index in [1.54, 1.807) is 14.2 Å². The zero-order valence-corrected chi connectivity index (χ0v) is 19.4. The number of rotatable bonds is 11. The molecular formula is C22H38O4Si. The Labute approximate surface area is 166 Å². The largest absolute Gasteiger partial charge is 0.497 e. The zero-order valence-electron chi connectivity index (χ0n) is 18.4. The molecule has 0 saturated heterocycles. The molecule has 0 spiro atoms. The molecule has 2 atom stereocenters. The zero-order chi connectivity index (χ0) is 20.8. The van der Waals surface area contributed by atoms with Crippen molar-refractivity contribution < 1.29 is 19.3 Å². The fourth-order valence-corrected chi connectivity index (χ4v) is 4.47. The van der Waals surface area contributed by atoms with Gasteiger partial charge in [0.2, 0.25) is 0 Å². The van der Waals surface area contributed by atoms with Gasteiger partial charge in [0.15, 0.2) is 5.79 Å². The van der Waals surface area contributed by atoms with Gasteiger partial charge in [0.05, 0.1) is 19.3 Å². The van der Waals surface area contributed by atoms with Crippen LogP contribution in [0.25, 0.3) is 0 Å². The van der Waals surface area contributed by atoms with E-state index in [1.807, 2.05) is 32.9 Å². The third kappa shape index (κ3) is 8.17. The van der Waals surface area contributed by atoms with Crippen molar-refractivity contribution in [3.05, 3.63) is 41.5 Å². The highest BCUT2D eigenvalue weighted by atomic mass is 28.3. The van der Waals surface area contributed by atoms with Crippen molar-refractivity contribution in [1.29, 1.82) is 0 Å². The fourth-order valence-electron chi connectivity index (χ4n) is 3.02. The number of aliphatic hydroxyl groups is 1. The van der Waals surface area contributed by atoms with Crippen molar-refractivity contribution in [3.8, 4) is 5.75 Å². The highest BCUT2D eigenvalue weighted by Gasteiger charge is 2.25. The maximum atomic E-state index is 10.9. The Morgan fingerprint density at radius 3 is 2.30 bits per heavy atom. The monoisotopic (exact) mass is 394 g/mol. The maximum absolute atomic E-state index is 10.9. The van der Waals surface area contributed by atoms with E-state index in [2.05, 4.69) is 32.3 Å². The Balaban J connectivity index is 2.94. The van der Waals surface area contributed by atoms with E-state index >= 15 is 0 Å². The molecule has 0 amide bonds. The first-order chi connectivity index (χ1) is 12.4. The number of methoxy groups -OCH3 is 2. The minimum atomic E-state index is -1.33. The van der Waals surface area contributed by atoms with E-state index in [9.17, 15) is 5.11 Å². The highest BCUT2D eigenvalue weighted by molar-refractivity contribution is 6.75. The molecule has 2 unspecified atom stereocenters. The van der Waals surface area contributed by atoms with Gasteiger partial charge < -0.3 is 19.3 Å². The normalized spacial score (nSPS) is 14.7. The predicted molar refractivity (Wildman–Crippen MR) is 115 cm³/mol. The Hall–Kier alpha value is -1.14. The summed E-state index contributed by atoms with van der Waals surface area (Å²) in [5, 5.41) is 10.9. The average molecular weight is 395 g/mol. The lowest BCUT2D eigenvalue weighted by Gasteiger charge is -2.30. The van der Waals surface area contributed by atoms with Crippen molar-refractivity contribution in [2.45, 2.75) is 77.3 Å². The molecule has 1 rings (SSSR count). The Morgan fingerprint density at radius 2 is 1.81 bits per heavy atom. The summed E-state index contributed by atoms with van der Waals surface area (Å²) in [5.74, 6) is 0.154. The van der Waals surface area contributed by atoms with Crippen LogP contribution in [0.4, 0.5) is 0 Å². The summed E-state index contributed by atoms with van der Waals surface area (Å²) in [4.78, 5) is 0. The van der Waals surface area contributed by atoms with E-state index in [1.165, 1.54) is 5.56 Å². The molecular weight excluding hydrogens is 356 g/mol. The Morgan fingerprint density at radius 1 is 1.19 bits per heavy atom. The molecule has 27 heavy (non-hydrogen) atoms. The molecule has 5 heteroatoms. The van der Waals surface area contributed by atoms with Crippen molar-refractivity contribution >= 4 is 8.07 Å². The first kappa shape index (κ1) is 23.9. The van der Waals surface area contributed by atoms with Gasteiger partial charge in [-0.2, -0.15) is 0 Å². The van der Waals surface area contributed by atoms with Crippen LogP contribution in [0, 0.1) is 0 Å². The van der Waals surface area contributed by atoms with Crippen molar-refractivity contribution in [2.24, 2.45) is 0 Å². The van der Waals surface area contributed by atoms with Gasteiger partial charge in [-0.15, -0.1) is 0 Å². The van der Waals surface area contributed by atoms with Gasteiger partial charge in [0, 0.05) is 15.2 Å².